The smallest absolute Gasteiger partial charge is 0.306 e. The minimum Gasteiger partial charge on any atom is -0.481 e. The minimum atomic E-state index is -3.71. The molecule has 3 aromatic rings. The van der Waals surface area contributed by atoms with Gasteiger partial charge in [0.15, 0.2) is 14.8 Å². The summed E-state index contributed by atoms with van der Waals surface area (Å²) < 4.78 is 40.3. The fourth-order valence-corrected chi connectivity index (χ4v) is 9.46. The summed E-state index contributed by atoms with van der Waals surface area (Å²) >= 11 is 1.31. The number of hydrogen-bond acceptors (Lipinski definition) is 6. The van der Waals surface area contributed by atoms with Crippen LogP contribution in [0.5, 0.6) is 0 Å². The van der Waals surface area contributed by atoms with Crippen LogP contribution in [0.1, 0.15) is 80.7 Å². The number of halogens is 1. The zero-order valence-electron chi connectivity index (χ0n) is 24.2. The molecule has 0 saturated heterocycles. The molecule has 0 radical (unpaired) electrons. The number of carbonyl (C=O) groups is 2. The molecular weight excluding hydrogens is 575 g/mol. The van der Waals surface area contributed by atoms with Crippen molar-refractivity contribution in [1.82, 2.24) is 10.3 Å². The third kappa shape index (κ3) is 6.70. The summed E-state index contributed by atoms with van der Waals surface area (Å²) in [5.41, 5.74) is 0.981. The number of hydrogen-bond donors (Lipinski definition) is 2. The summed E-state index contributed by atoms with van der Waals surface area (Å²) in [6.45, 7) is 2.97. The van der Waals surface area contributed by atoms with Gasteiger partial charge in [0.2, 0.25) is 0 Å². The van der Waals surface area contributed by atoms with Crippen LogP contribution in [0.25, 0.3) is 21.2 Å². The zero-order valence-corrected chi connectivity index (χ0v) is 25.8. The molecule has 7 nitrogen and oxygen atoms in total. The first kappa shape index (κ1) is 30.6. The molecule has 2 aliphatic rings. The van der Waals surface area contributed by atoms with Crippen LogP contribution in [0.4, 0.5) is 4.39 Å². The van der Waals surface area contributed by atoms with E-state index in [0.29, 0.717) is 29.2 Å². The van der Waals surface area contributed by atoms with Crippen LogP contribution in [-0.2, 0) is 21.1 Å². The normalized spacial score (nSPS) is 19.9. The van der Waals surface area contributed by atoms with Gasteiger partial charge in [0.25, 0.3) is 5.91 Å². The summed E-state index contributed by atoms with van der Waals surface area (Å²) in [5.74, 6) is -1.25. The number of fused-ring (bicyclic) bond motifs is 1. The van der Waals surface area contributed by atoms with E-state index in [9.17, 15) is 27.5 Å². The molecule has 0 spiro atoms. The van der Waals surface area contributed by atoms with E-state index in [2.05, 4.69) is 5.32 Å². The lowest BCUT2D eigenvalue weighted by Gasteiger charge is -2.32. The van der Waals surface area contributed by atoms with Crippen LogP contribution in [-0.4, -0.2) is 48.9 Å². The number of nitrogens with zero attached hydrogens (tertiary/aromatic N) is 1. The van der Waals surface area contributed by atoms with E-state index >= 15 is 0 Å². The lowest BCUT2D eigenvalue weighted by Crippen LogP contribution is -2.46. The maximum Gasteiger partial charge on any atom is 0.306 e. The highest BCUT2D eigenvalue weighted by atomic mass is 32.2. The van der Waals surface area contributed by atoms with Crippen LogP contribution in [0.3, 0.4) is 0 Å². The molecule has 10 heteroatoms. The van der Waals surface area contributed by atoms with Crippen LogP contribution in [0.2, 0.25) is 0 Å². The van der Waals surface area contributed by atoms with Gasteiger partial charge in [-0.3, -0.25) is 14.0 Å². The van der Waals surface area contributed by atoms with E-state index in [4.69, 9.17) is 4.98 Å². The first-order valence-corrected chi connectivity index (χ1v) is 17.3. The number of alkyl halides is 1. The Morgan fingerprint density at radius 3 is 2.43 bits per heavy atom. The second kappa shape index (κ2) is 12.4. The van der Waals surface area contributed by atoms with Gasteiger partial charge in [-0.25, -0.2) is 13.4 Å². The number of sulfone groups is 1. The third-order valence-electron chi connectivity index (χ3n) is 8.74. The maximum absolute atomic E-state index is 13.6. The number of rotatable bonds is 11. The van der Waals surface area contributed by atoms with E-state index in [0.717, 1.165) is 40.8 Å². The van der Waals surface area contributed by atoms with E-state index in [-0.39, 0.29) is 29.0 Å². The summed E-state index contributed by atoms with van der Waals surface area (Å²) in [6, 6.07) is 10.7. The van der Waals surface area contributed by atoms with Gasteiger partial charge in [-0.2, -0.15) is 0 Å². The van der Waals surface area contributed by atoms with Crippen molar-refractivity contribution in [3.05, 3.63) is 47.1 Å². The quantitative estimate of drug-likeness (QED) is 0.245. The van der Waals surface area contributed by atoms with Crippen molar-refractivity contribution in [3.8, 4) is 10.4 Å². The minimum absolute atomic E-state index is 0.158. The Kier molecular flexibility index (Phi) is 9.04. The van der Waals surface area contributed by atoms with Gasteiger partial charge in [-0.1, -0.05) is 76.3 Å². The SMILES string of the molecule is CC(C)(CCF)CS(=O)(=O)c1ccc(-c2sc(C(=O)NC3CC(C(=O)O)C3)nc2CC2CCCCC2)c2ccccc12. The topological polar surface area (TPSA) is 113 Å². The number of benzene rings is 2. The Balaban J connectivity index is 1.52. The molecule has 2 aliphatic carbocycles. The first-order chi connectivity index (χ1) is 20.0. The fourth-order valence-electron chi connectivity index (χ4n) is 6.31. The predicted octanol–water partition coefficient (Wildman–Crippen LogP) is 6.84. The summed E-state index contributed by atoms with van der Waals surface area (Å²) in [4.78, 5) is 30.3. The van der Waals surface area contributed by atoms with Gasteiger partial charge in [0.1, 0.15) is 0 Å². The fraction of sp³-hybridized carbons (Fsp3) is 0.531. The highest BCUT2D eigenvalue weighted by molar-refractivity contribution is 7.91. The van der Waals surface area contributed by atoms with Gasteiger partial charge in [0.05, 0.1) is 33.8 Å². The molecule has 1 amide bonds. The zero-order chi connectivity index (χ0) is 30.1. The van der Waals surface area contributed by atoms with Crippen LogP contribution >= 0.6 is 11.3 Å². The highest BCUT2D eigenvalue weighted by Gasteiger charge is 2.36. The van der Waals surface area contributed by atoms with Crippen molar-refractivity contribution in [2.75, 3.05) is 12.4 Å². The van der Waals surface area contributed by atoms with Gasteiger partial charge in [-0.05, 0) is 48.5 Å². The Hall–Kier alpha value is -2.85. The second-order valence-electron chi connectivity index (χ2n) is 12.7. The number of nitrogens with one attached hydrogen (secondary N) is 1. The predicted molar refractivity (Wildman–Crippen MR) is 163 cm³/mol. The number of amides is 1. The van der Waals surface area contributed by atoms with Crippen molar-refractivity contribution < 1.29 is 27.5 Å². The molecule has 42 heavy (non-hydrogen) atoms. The van der Waals surface area contributed by atoms with Crippen molar-refractivity contribution in [2.45, 2.75) is 82.6 Å². The lowest BCUT2D eigenvalue weighted by atomic mass is 9.80. The average molecular weight is 615 g/mol. The van der Waals surface area contributed by atoms with Crippen molar-refractivity contribution in [2.24, 2.45) is 17.3 Å². The monoisotopic (exact) mass is 614 g/mol. The molecule has 1 aromatic heterocycles. The van der Waals surface area contributed by atoms with Gasteiger partial charge in [-0.15, -0.1) is 11.3 Å². The molecule has 2 fully saturated rings. The molecule has 226 valence electrons. The standard InChI is InChI=1S/C32H39FN2O5S2/c1-32(2,14-15-33)19-42(39,40)27-13-12-25(23-10-6-7-11-24(23)27)28-26(16-20-8-4-3-5-9-20)35-30(41-28)29(36)34-22-17-21(18-22)31(37)38/h6-7,10-13,20-22H,3-5,8-9,14-19H2,1-2H3,(H,34,36)(H,37,38). The number of thiazole rings is 1. The molecule has 0 unspecified atom stereocenters. The number of carboxylic acids is 1. The molecule has 0 atom stereocenters. The Morgan fingerprint density at radius 2 is 1.76 bits per heavy atom. The van der Waals surface area contributed by atoms with E-state index in [1.165, 1.54) is 30.6 Å². The average Bonchev–Trinajstić information content (AvgIpc) is 3.32. The van der Waals surface area contributed by atoms with Crippen LogP contribution < -0.4 is 5.32 Å². The lowest BCUT2D eigenvalue weighted by molar-refractivity contribution is -0.145. The summed E-state index contributed by atoms with van der Waals surface area (Å²) in [5, 5.41) is 13.8. The molecular formula is C32H39FN2O5S2. The van der Waals surface area contributed by atoms with E-state index < -0.39 is 33.8 Å². The number of aliphatic carboxylic acids is 1. The Bertz CT molecular complexity index is 1570. The number of carbonyl (C=O) groups excluding carboxylic acids is 1. The summed E-state index contributed by atoms with van der Waals surface area (Å²) in [7, 11) is -3.71. The summed E-state index contributed by atoms with van der Waals surface area (Å²) in [6.07, 6.45) is 7.55. The molecule has 0 aliphatic heterocycles. The van der Waals surface area contributed by atoms with E-state index in [1.807, 2.05) is 24.3 Å². The molecule has 0 bridgehead atoms. The van der Waals surface area contributed by atoms with Crippen LogP contribution in [0.15, 0.2) is 41.3 Å². The molecule has 1 heterocycles. The molecule has 2 aromatic carbocycles. The number of carboxylic acid groups (broad SMARTS) is 1. The molecule has 5 rings (SSSR count). The number of aromatic nitrogens is 1. The van der Waals surface area contributed by atoms with Crippen molar-refractivity contribution in [1.29, 1.82) is 0 Å². The second-order valence-corrected chi connectivity index (χ2v) is 15.7. The first-order valence-electron chi connectivity index (χ1n) is 14.8. The van der Waals surface area contributed by atoms with E-state index in [1.54, 1.807) is 26.0 Å². The van der Waals surface area contributed by atoms with Crippen molar-refractivity contribution >= 4 is 43.8 Å². The largest absolute Gasteiger partial charge is 0.481 e. The van der Waals surface area contributed by atoms with Gasteiger partial charge < -0.3 is 10.4 Å². The van der Waals surface area contributed by atoms with Gasteiger partial charge >= 0.3 is 5.97 Å². The molecule has 2 N–H and O–H groups in total. The Morgan fingerprint density at radius 1 is 1.07 bits per heavy atom. The Labute approximate surface area is 250 Å². The molecule has 2 saturated carbocycles. The highest BCUT2D eigenvalue weighted by Crippen LogP contribution is 2.41. The van der Waals surface area contributed by atoms with Gasteiger partial charge in [0, 0.05) is 17.0 Å². The van der Waals surface area contributed by atoms with Crippen molar-refractivity contribution in [3.63, 3.8) is 0 Å². The van der Waals surface area contributed by atoms with Crippen LogP contribution in [0, 0.1) is 17.3 Å². The maximum atomic E-state index is 13.6. The third-order valence-corrected chi connectivity index (χ3v) is 12.1.